The fraction of sp³-hybridized carbons (Fsp3) is 0.862. The van der Waals surface area contributed by atoms with Gasteiger partial charge >= 0.3 is 11.9 Å². The minimum Gasteiger partial charge on any atom is -0.481 e. The first-order chi connectivity index (χ1) is 16.1. The van der Waals surface area contributed by atoms with Gasteiger partial charge in [0.15, 0.2) is 0 Å². The van der Waals surface area contributed by atoms with Crippen molar-refractivity contribution in [3.05, 3.63) is 12.2 Å². The second-order valence-corrected chi connectivity index (χ2v) is 9.58. The number of unbranched alkanes of at least 4 members (excludes halogenated alkanes) is 14. The van der Waals surface area contributed by atoms with Gasteiger partial charge in [-0.3, -0.25) is 9.59 Å². The lowest BCUT2D eigenvalue weighted by molar-refractivity contribution is -0.150. The first-order valence-corrected chi connectivity index (χ1v) is 14.2. The van der Waals surface area contributed by atoms with E-state index in [4.69, 9.17) is 9.84 Å². The number of aliphatic carboxylic acids is 1. The van der Waals surface area contributed by atoms with E-state index in [0.29, 0.717) is 12.8 Å². The van der Waals surface area contributed by atoms with Gasteiger partial charge in [0.2, 0.25) is 0 Å². The molecule has 4 nitrogen and oxygen atoms in total. The zero-order valence-corrected chi connectivity index (χ0v) is 22.0. The van der Waals surface area contributed by atoms with Gasteiger partial charge in [0.25, 0.3) is 0 Å². The van der Waals surface area contributed by atoms with E-state index < -0.39 is 5.97 Å². The number of allylic oxidation sites excluding steroid dienone is 2. The molecule has 0 aliphatic rings. The van der Waals surface area contributed by atoms with E-state index in [1.165, 1.54) is 64.2 Å². The first-order valence-electron chi connectivity index (χ1n) is 14.2. The van der Waals surface area contributed by atoms with Gasteiger partial charge in [-0.2, -0.15) is 0 Å². The van der Waals surface area contributed by atoms with Crippen molar-refractivity contribution in [3.8, 4) is 0 Å². The molecule has 194 valence electrons. The molecule has 0 spiro atoms. The highest BCUT2D eigenvalue weighted by molar-refractivity contribution is 5.69. The van der Waals surface area contributed by atoms with Crippen LogP contribution in [0.1, 0.15) is 155 Å². The fourth-order valence-electron chi connectivity index (χ4n) is 4.09. The van der Waals surface area contributed by atoms with Crippen LogP contribution in [0.3, 0.4) is 0 Å². The maximum Gasteiger partial charge on any atom is 0.306 e. The van der Waals surface area contributed by atoms with Crippen LogP contribution < -0.4 is 0 Å². The molecular weight excluding hydrogens is 412 g/mol. The lowest BCUT2D eigenvalue weighted by Crippen LogP contribution is -2.18. The summed E-state index contributed by atoms with van der Waals surface area (Å²) >= 11 is 0. The Morgan fingerprint density at radius 3 is 1.73 bits per heavy atom. The number of carbonyl (C=O) groups is 2. The summed E-state index contributed by atoms with van der Waals surface area (Å²) in [6.07, 6.45) is 28.2. The molecule has 1 atom stereocenters. The zero-order valence-electron chi connectivity index (χ0n) is 22.0. The Balaban J connectivity index is 3.74. The van der Waals surface area contributed by atoms with Crippen LogP contribution in [0, 0.1) is 0 Å². The number of carboxylic acids is 1. The lowest BCUT2D eigenvalue weighted by Gasteiger charge is -2.18. The van der Waals surface area contributed by atoms with E-state index in [-0.39, 0.29) is 12.1 Å². The fourth-order valence-corrected chi connectivity index (χ4v) is 4.09. The molecule has 4 heteroatoms. The van der Waals surface area contributed by atoms with Crippen LogP contribution in [-0.4, -0.2) is 23.1 Å². The molecule has 0 saturated carbocycles. The van der Waals surface area contributed by atoms with Crippen molar-refractivity contribution in [3.63, 3.8) is 0 Å². The van der Waals surface area contributed by atoms with Gasteiger partial charge in [-0.15, -0.1) is 0 Å². The molecule has 0 aromatic rings. The third kappa shape index (κ3) is 25.1. The maximum atomic E-state index is 12.3. The molecule has 1 N–H and O–H groups in total. The number of rotatable bonds is 25. The van der Waals surface area contributed by atoms with Crippen LogP contribution in [-0.2, 0) is 14.3 Å². The van der Waals surface area contributed by atoms with Crippen molar-refractivity contribution >= 4 is 11.9 Å². The van der Waals surface area contributed by atoms with E-state index in [1.54, 1.807) is 0 Å². The maximum absolute atomic E-state index is 12.3. The molecule has 0 amide bonds. The van der Waals surface area contributed by atoms with Gasteiger partial charge in [0, 0.05) is 12.8 Å². The SMILES string of the molecule is CCCC/C=C\CCCCCCCC(=O)OC(CCCC)CCCCCCCCCC(=O)O. The number of carbonyl (C=O) groups excluding carboxylic acids is 1. The van der Waals surface area contributed by atoms with E-state index >= 15 is 0 Å². The lowest BCUT2D eigenvalue weighted by atomic mass is 10.0. The van der Waals surface area contributed by atoms with Crippen LogP contribution in [0.15, 0.2) is 12.2 Å². The number of carboxylic acid groups (broad SMARTS) is 1. The Bertz CT molecular complexity index is 472. The highest BCUT2D eigenvalue weighted by Gasteiger charge is 2.13. The van der Waals surface area contributed by atoms with Crippen molar-refractivity contribution in [2.45, 2.75) is 161 Å². The largest absolute Gasteiger partial charge is 0.481 e. The molecule has 0 bridgehead atoms. The van der Waals surface area contributed by atoms with Crippen LogP contribution >= 0.6 is 0 Å². The van der Waals surface area contributed by atoms with Crippen molar-refractivity contribution in [2.24, 2.45) is 0 Å². The quantitative estimate of drug-likeness (QED) is 0.0827. The molecular formula is C29H54O4. The highest BCUT2D eigenvalue weighted by Crippen LogP contribution is 2.17. The molecule has 1 unspecified atom stereocenters. The molecule has 0 radical (unpaired) electrons. The predicted octanol–water partition coefficient (Wildman–Crippen LogP) is 9.16. The van der Waals surface area contributed by atoms with Gasteiger partial charge < -0.3 is 9.84 Å². The Labute approximate surface area is 204 Å². The summed E-state index contributed by atoms with van der Waals surface area (Å²) < 4.78 is 5.82. The first kappa shape index (κ1) is 31.7. The monoisotopic (exact) mass is 466 g/mol. The number of ether oxygens (including phenoxy) is 1. The van der Waals surface area contributed by atoms with Crippen LogP contribution in [0.4, 0.5) is 0 Å². The molecule has 33 heavy (non-hydrogen) atoms. The van der Waals surface area contributed by atoms with E-state index in [9.17, 15) is 9.59 Å². The van der Waals surface area contributed by atoms with Crippen LogP contribution in [0.2, 0.25) is 0 Å². The molecule has 0 fully saturated rings. The van der Waals surface area contributed by atoms with Gasteiger partial charge in [0.05, 0.1) is 0 Å². The predicted molar refractivity (Wildman–Crippen MR) is 140 cm³/mol. The summed E-state index contributed by atoms with van der Waals surface area (Å²) in [6, 6.07) is 0. The Kier molecular flexibility index (Phi) is 24.3. The van der Waals surface area contributed by atoms with Crippen LogP contribution in [0.25, 0.3) is 0 Å². The zero-order chi connectivity index (χ0) is 24.4. The molecule has 0 saturated heterocycles. The smallest absolute Gasteiger partial charge is 0.306 e. The van der Waals surface area contributed by atoms with Gasteiger partial charge in [-0.1, -0.05) is 103 Å². The summed E-state index contributed by atoms with van der Waals surface area (Å²) in [7, 11) is 0. The Hall–Kier alpha value is -1.32. The minimum atomic E-state index is -0.691. The standard InChI is InChI=1S/C29H54O4/c1-3-5-7-8-9-10-11-12-16-19-22-26-29(32)33-27(23-6-4-2)24-20-17-14-13-15-18-21-25-28(30)31/h8-9,27H,3-7,10-26H2,1-2H3,(H,30,31)/b9-8-. The number of hydrogen-bond donors (Lipinski definition) is 1. The average molecular weight is 467 g/mol. The van der Waals surface area contributed by atoms with E-state index in [2.05, 4.69) is 26.0 Å². The molecule has 0 heterocycles. The second kappa shape index (κ2) is 25.3. The van der Waals surface area contributed by atoms with Crippen molar-refractivity contribution < 1.29 is 19.4 Å². The topological polar surface area (TPSA) is 63.6 Å². The Morgan fingerprint density at radius 2 is 1.12 bits per heavy atom. The molecule has 0 aliphatic carbocycles. The summed E-state index contributed by atoms with van der Waals surface area (Å²) in [4.78, 5) is 22.8. The summed E-state index contributed by atoms with van der Waals surface area (Å²) in [5, 5.41) is 8.65. The van der Waals surface area contributed by atoms with E-state index in [0.717, 1.165) is 64.2 Å². The van der Waals surface area contributed by atoms with E-state index in [1.807, 2.05) is 0 Å². The molecule has 0 aromatic heterocycles. The third-order valence-electron chi connectivity index (χ3n) is 6.24. The normalized spacial score (nSPS) is 12.3. The van der Waals surface area contributed by atoms with Crippen molar-refractivity contribution in [2.75, 3.05) is 0 Å². The average Bonchev–Trinajstić information content (AvgIpc) is 2.79. The summed E-state index contributed by atoms with van der Waals surface area (Å²) in [5.41, 5.74) is 0. The molecule has 0 aromatic carbocycles. The number of esters is 1. The third-order valence-corrected chi connectivity index (χ3v) is 6.24. The van der Waals surface area contributed by atoms with Crippen molar-refractivity contribution in [1.29, 1.82) is 0 Å². The highest BCUT2D eigenvalue weighted by atomic mass is 16.5. The second-order valence-electron chi connectivity index (χ2n) is 9.58. The molecule has 0 rings (SSSR count). The molecule has 0 aliphatic heterocycles. The van der Waals surface area contributed by atoms with Crippen molar-refractivity contribution in [1.82, 2.24) is 0 Å². The van der Waals surface area contributed by atoms with Gasteiger partial charge in [-0.25, -0.2) is 0 Å². The minimum absolute atomic E-state index is 0.00612. The van der Waals surface area contributed by atoms with Gasteiger partial charge in [0.1, 0.15) is 6.10 Å². The Morgan fingerprint density at radius 1 is 0.636 bits per heavy atom. The number of hydrogen-bond acceptors (Lipinski definition) is 3. The summed E-state index contributed by atoms with van der Waals surface area (Å²) in [6.45, 7) is 4.42. The van der Waals surface area contributed by atoms with Gasteiger partial charge in [-0.05, 0) is 51.4 Å². The van der Waals surface area contributed by atoms with Crippen LogP contribution in [0.5, 0.6) is 0 Å². The summed E-state index contributed by atoms with van der Waals surface area (Å²) in [5.74, 6) is -0.697.